The number of benzene rings is 3. The van der Waals surface area contributed by atoms with Crippen molar-refractivity contribution in [3.05, 3.63) is 107 Å². The van der Waals surface area contributed by atoms with Crippen LogP contribution in [0.15, 0.2) is 84.4 Å². The highest BCUT2D eigenvalue weighted by molar-refractivity contribution is 6.46. The van der Waals surface area contributed by atoms with Crippen LogP contribution < -0.4 is 4.74 Å². The molecule has 1 N–H and O–H groups in total. The molecule has 34 heavy (non-hydrogen) atoms. The first-order valence-electron chi connectivity index (χ1n) is 11.3. The van der Waals surface area contributed by atoms with Gasteiger partial charge < -0.3 is 14.7 Å². The van der Waals surface area contributed by atoms with Crippen molar-refractivity contribution in [2.24, 2.45) is 0 Å². The summed E-state index contributed by atoms with van der Waals surface area (Å²) in [5.74, 6) is -1.52. The minimum atomic E-state index is -0.769. The van der Waals surface area contributed by atoms with Gasteiger partial charge >= 0.3 is 0 Å². The molecular formula is C28H26FNO4. The third kappa shape index (κ3) is 4.86. The third-order valence-corrected chi connectivity index (χ3v) is 5.81. The van der Waals surface area contributed by atoms with E-state index in [-0.39, 0.29) is 16.9 Å². The van der Waals surface area contributed by atoms with E-state index < -0.39 is 23.5 Å². The second kappa shape index (κ2) is 10.3. The van der Waals surface area contributed by atoms with Crippen molar-refractivity contribution in [2.75, 3.05) is 13.2 Å². The number of aliphatic hydroxyl groups excluding tert-OH is 1. The molecule has 1 unspecified atom stereocenters. The quantitative estimate of drug-likeness (QED) is 0.283. The number of hydrogen-bond donors (Lipinski definition) is 1. The smallest absolute Gasteiger partial charge is 0.295 e. The Labute approximate surface area is 198 Å². The molecule has 0 aromatic heterocycles. The Hall–Kier alpha value is -3.93. The molecule has 0 spiro atoms. The Morgan fingerprint density at radius 2 is 1.65 bits per heavy atom. The molecule has 1 aliphatic heterocycles. The summed E-state index contributed by atoms with van der Waals surface area (Å²) in [5, 5.41) is 11.0. The highest BCUT2D eigenvalue weighted by Gasteiger charge is 2.45. The van der Waals surface area contributed by atoms with Crippen LogP contribution in [-0.2, 0) is 16.0 Å². The molecule has 4 rings (SSSR count). The van der Waals surface area contributed by atoms with Crippen LogP contribution >= 0.6 is 0 Å². The summed E-state index contributed by atoms with van der Waals surface area (Å²) in [6.45, 7) is 2.90. The van der Waals surface area contributed by atoms with Crippen LogP contribution in [0, 0.1) is 5.82 Å². The van der Waals surface area contributed by atoms with E-state index in [1.807, 2.05) is 37.3 Å². The second-order valence-electron chi connectivity index (χ2n) is 8.15. The molecule has 6 heteroatoms. The summed E-state index contributed by atoms with van der Waals surface area (Å²) < 4.78 is 19.1. The number of aliphatic hydroxyl groups is 1. The maximum atomic E-state index is 13.4. The van der Waals surface area contributed by atoms with Crippen LogP contribution in [0.25, 0.3) is 5.76 Å². The van der Waals surface area contributed by atoms with Crippen LogP contribution in [0.5, 0.6) is 5.75 Å². The Bertz CT molecular complexity index is 1190. The Kier molecular flexibility index (Phi) is 7.07. The molecule has 0 saturated carbocycles. The SMILES string of the molecule is CCCOc1ccc(C2/C(=C(\O)c3ccc(F)cc3)C(=O)C(=O)N2CCc2ccccc2)cc1. The van der Waals surface area contributed by atoms with E-state index in [0.717, 1.165) is 12.0 Å². The van der Waals surface area contributed by atoms with Crippen LogP contribution in [0.1, 0.15) is 36.1 Å². The number of halogens is 1. The van der Waals surface area contributed by atoms with Gasteiger partial charge in [-0.05, 0) is 60.4 Å². The van der Waals surface area contributed by atoms with Crippen molar-refractivity contribution in [3.8, 4) is 5.75 Å². The predicted molar refractivity (Wildman–Crippen MR) is 128 cm³/mol. The first-order valence-corrected chi connectivity index (χ1v) is 11.3. The lowest BCUT2D eigenvalue weighted by Gasteiger charge is -2.25. The molecule has 1 saturated heterocycles. The van der Waals surface area contributed by atoms with Gasteiger partial charge in [-0.15, -0.1) is 0 Å². The lowest BCUT2D eigenvalue weighted by atomic mass is 9.95. The van der Waals surface area contributed by atoms with Gasteiger partial charge in [-0.25, -0.2) is 4.39 Å². The monoisotopic (exact) mass is 459 g/mol. The Morgan fingerprint density at radius 1 is 0.971 bits per heavy atom. The molecule has 174 valence electrons. The van der Waals surface area contributed by atoms with Gasteiger partial charge in [-0.2, -0.15) is 0 Å². The molecule has 1 amide bonds. The van der Waals surface area contributed by atoms with Gasteiger partial charge in [0.15, 0.2) is 0 Å². The van der Waals surface area contributed by atoms with Crippen molar-refractivity contribution in [1.29, 1.82) is 0 Å². The summed E-state index contributed by atoms with van der Waals surface area (Å²) >= 11 is 0. The fourth-order valence-corrected chi connectivity index (χ4v) is 4.08. The van der Waals surface area contributed by atoms with Crippen LogP contribution in [0.2, 0.25) is 0 Å². The van der Waals surface area contributed by atoms with E-state index in [9.17, 15) is 19.1 Å². The molecule has 3 aromatic carbocycles. The maximum absolute atomic E-state index is 13.4. The normalized spacial score (nSPS) is 17.2. The molecule has 1 heterocycles. The van der Waals surface area contributed by atoms with Crippen molar-refractivity contribution in [2.45, 2.75) is 25.8 Å². The fraction of sp³-hybridized carbons (Fsp3) is 0.214. The largest absolute Gasteiger partial charge is 0.507 e. The predicted octanol–water partition coefficient (Wildman–Crippen LogP) is 5.28. The number of carbonyl (C=O) groups is 2. The summed E-state index contributed by atoms with van der Waals surface area (Å²) in [6, 6.07) is 21.3. The van der Waals surface area contributed by atoms with Gasteiger partial charge in [0.1, 0.15) is 17.3 Å². The summed E-state index contributed by atoms with van der Waals surface area (Å²) in [5.41, 5.74) is 1.98. The molecule has 1 aliphatic rings. The minimum absolute atomic E-state index is 0.00750. The highest BCUT2D eigenvalue weighted by Crippen LogP contribution is 2.40. The minimum Gasteiger partial charge on any atom is -0.507 e. The van der Waals surface area contributed by atoms with E-state index in [2.05, 4.69) is 0 Å². The number of carbonyl (C=O) groups excluding carboxylic acids is 2. The zero-order valence-corrected chi connectivity index (χ0v) is 18.9. The number of Topliss-reactive ketones (excluding diaryl/α,β-unsaturated/α-hetero) is 1. The standard InChI is InChI=1S/C28H26FNO4/c1-2-18-34-23-14-10-20(11-15-23)25-24(26(31)21-8-12-22(29)13-9-21)27(32)28(33)30(25)17-16-19-6-4-3-5-7-19/h3-15,25,31H,2,16-18H2,1H3/b26-24+. The van der Waals surface area contributed by atoms with Crippen LogP contribution in [0.3, 0.4) is 0 Å². The van der Waals surface area contributed by atoms with Crippen LogP contribution in [0.4, 0.5) is 4.39 Å². The number of nitrogens with zero attached hydrogens (tertiary/aromatic N) is 1. The lowest BCUT2D eigenvalue weighted by Crippen LogP contribution is -2.31. The van der Waals surface area contributed by atoms with Gasteiger partial charge in [-0.1, -0.05) is 49.4 Å². The van der Waals surface area contributed by atoms with E-state index in [0.29, 0.717) is 30.9 Å². The summed E-state index contributed by atoms with van der Waals surface area (Å²) in [7, 11) is 0. The zero-order chi connectivity index (χ0) is 24.1. The molecule has 3 aromatic rings. The van der Waals surface area contributed by atoms with Gasteiger partial charge in [0.25, 0.3) is 11.7 Å². The second-order valence-corrected chi connectivity index (χ2v) is 8.15. The number of ether oxygens (including phenoxy) is 1. The van der Waals surface area contributed by atoms with E-state index in [4.69, 9.17) is 4.74 Å². The van der Waals surface area contributed by atoms with Crippen LogP contribution in [-0.4, -0.2) is 34.8 Å². The molecular weight excluding hydrogens is 433 g/mol. The van der Waals surface area contributed by atoms with Gasteiger partial charge in [0.05, 0.1) is 18.2 Å². The average Bonchev–Trinajstić information content (AvgIpc) is 3.12. The zero-order valence-electron chi connectivity index (χ0n) is 18.9. The number of amides is 1. The average molecular weight is 460 g/mol. The molecule has 0 aliphatic carbocycles. The maximum Gasteiger partial charge on any atom is 0.295 e. The van der Waals surface area contributed by atoms with E-state index >= 15 is 0 Å². The molecule has 0 bridgehead atoms. The Balaban J connectivity index is 1.74. The summed E-state index contributed by atoms with van der Waals surface area (Å²) in [4.78, 5) is 27.7. The first-order chi connectivity index (χ1) is 16.5. The van der Waals surface area contributed by atoms with Crippen molar-refractivity contribution < 1.29 is 23.8 Å². The number of hydrogen-bond acceptors (Lipinski definition) is 4. The third-order valence-electron chi connectivity index (χ3n) is 5.81. The van der Waals surface area contributed by atoms with Crippen molar-refractivity contribution in [1.82, 2.24) is 4.90 Å². The van der Waals surface area contributed by atoms with Crippen molar-refractivity contribution >= 4 is 17.4 Å². The number of rotatable bonds is 8. The van der Waals surface area contributed by atoms with Crippen molar-refractivity contribution in [3.63, 3.8) is 0 Å². The first kappa shape index (κ1) is 23.2. The van der Waals surface area contributed by atoms with Gasteiger partial charge in [0.2, 0.25) is 0 Å². The fourth-order valence-electron chi connectivity index (χ4n) is 4.08. The molecule has 1 fully saturated rings. The molecule has 0 radical (unpaired) electrons. The van der Waals surface area contributed by atoms with E-state index in [1.165, 1.54) is 29.2 Å². The topological polar surface area (TPSA) is 66.8 Å². The molecule has 1 atom stereocenters. The number of ketones is 1. The molecule has 5 nitrogen and oxygen atoms in total. The van der Waals surface area contributed by atoms with Gasteiger partial charge in [-0.3, -0.25) is 9.59 Å². The summed E-state index contributed by atoms with van der Waals surface area (Å²) in [6.07, 6.45) is 1.43. The highest BCUT2D eigenvalue weighted by atomic mass is 19.1. The Morgan fingerprint density at radius 3 is 2.29 bits per heavy atom. The van der Waals surface area contributed by atoms with Gasteiger partial charge in [0, 0.05) is 12.1 Å². The lowest BCUT2D eigenvalue weighted by molar-refractivity contribution is -0.139. The number of likely N-dealkylation sites (tertiary alicyclic amines) is 1. The van der Waals surface area contributed by atoms with E-state index in [1.54, 1.807) is 24.3 Å².